The molecule has 1 aromatic heterocycles. The van der Waals surface area contributed by atoms with E-state index in [2.05, 4.69) is 23.5 Å². The largest absolute Gasteiger partial charge is 0.461 e. The van der Waals surface area contributed by atoms with E-state index in [4.69, 9.17) is 9.15 Å². The van der Waals surface area contributed by atoms with Crippen LogP contribution >= 0.6 is 0 Å². The maximum Gasteiger partial charge on any atom is 0.227 e. The van der Waals surface area contributed by atoms with Crippen LogP contribution in [0.4, 0.5) is 11.4 Å². The number of aryl methyl sites for hydroxylation is 1. The zero-order chi connectivity index (χ0) is 22.8. The van der Waals surface area contributed by atoms with E-state index in [0.29, 0.717) is 26.1 Å². The minimum Gasteiger partial charge on any atom is -0.461 e. The lowest BCUT2D eigenvalue weighted by atomic mass is 9.86. The Balaban J connectivity index is 1.43. The van der Waals surface area contributed by atoms with Gasteiger partial charge in [0.2, 0.25) is 5.91 Å². The molecule has 3 atom stereocenters. The van der Waals surface area contributed by atoms with Gasteiger partial charge >= 0.3 is 0 Å². The lowest BCUT2D eigenvalue weighted by Crippen LogP contribution is -2.38. The Bertz CT molecular complexity index is 1110. The Morgan fingerprint density at radius 1 is 1.12 bits per heavy atom. The molecule has 2 aliphatic rings. The van der Waals surface area contributed by atoms with E-state index in [-0.39, 0.29) is 17.9 Å². The number of carbonyl (C=O) groups is 1. The summed E-state index contributed by atoms with van der Waals surface area (Å²) in [6.45, 7) is 3.77. The van der Waals surface area contributed by atoms with Crippen LogP contribution in [0.15, 0.2) is 65.1 Å². The quantitative estimate of drug-likeness (QED) is 0.561. The number of ether oxygens (including phenoxy) is 1. The standard InChI is InChI=1S/C27H30N2O4/c1-18-7-12-25(33-18)20-4-2-5-21(16-20)28-27(23-17-32-15-13-24(23)30)19-8-10-22(11-9-19)29-14-3-6-26(29)31/h2,4-5,7-12,16,23-24,27-28,30H,3,6,13-15,17H2,1H3/t23-,24+,27-/m1/s1. The van der Waals surface area contributed by atoms with Crippen molar-refractivity contribution in [1.29, 1.82) is 0 Å². The highest BCUT2D eigenvalue weighted by molar-refractivity contribution is 5.95. The summed E-state index contributed by atoms with van der Waals surface area (Å²) in [6.07, 6.45) is 1.69. The van der Waals surface area contributed by atoms with Gasteiger partial charge in [-0.05, 0) is 61.7 Å². The van der Waals surface area contributed by atoms with Gasteiger partial charge in [0.05, 0.1) is 18.8 Å². The van der Waals surface area contributed by atoms with Gasteiger partial charge in [0, 0.05) is 42.4 Å². The molecule has 3 heterocycles. The van der Waals surface area contributed by atoms with Gasteiger partial charge in [0.25, 0.3) is 0 Å². The number of nitrogens with zero attached hydrogens (tertiary/aromatic N) is 1. The number of hydrogen-bond acceptors (Lipinski definition) is 5. The molecular formula is C27H30N2O4. The zero-order valence-electron chi connectivity index (χ0n) is 18.9. The summed E-state index contributed by atoms with van der Waals surface area (Å²) in [6, 6.07) is 20.0. The number of rotatable bonds is 6. The van der Waals surface area contributed by atoms with Crippen LogP contribution in [0, 0.1) is 12.8 Å². The predicted octanol–water partition coefficient (Wildman–Crippen LogP) is 4.93. The van der Waals surface area contributed by atoms with Gasteiger partial charge in [0.15, 0.2) is 0 Å². The van der Waals surface area contributed by atoms with Crippen LogP contribution in [-0.2, 0) is 9.53 Å². The number of benzene rings is 2. The van der Waals surface area contributed by atoms with Crippen molar-refractivity contribution >= 4 is 17.3 Å². The number of amides is 1. The normalized spacial score (nSPS) is 21.9. The second-order valence-electron chi connectivity index (χ2n) is 8.95. The Labute approximate surface area is 194 Å². The van der Waals surface area contributed by atoms with Crippen LogP contribution in [0.5, 0.6) is 0 Å². The van der Waals surface area contributed by atoms with E-state index in [1.807, 2.05) is 54.3 Å². The minimum absolute atomic E-state index is 0.0902. The SMILES string of the molecule is Cc1ccc(-c2cccc(N[C@H](c3ccc(N4CCCC4=O)cc3)[C@@H]3COCC[C@@H]3O)c2)o1. The smallest absolute Gasteiger partial charge is 0.227 e. The van der Waals surface area contributed by atoms with E-state index >= 15 is 0 Å². The van der Waals surface area contributed by atoms with Crippen LogP contribution in [0.2, 0.25) is 0 Å². The summed E-state index contributed by atoms with van der Waals surface area (Å²) in [7, 11) is 0. The predicted molar refractivity (Wildman–Crippen MR) is 128 cm³/mol. The van der Waals surface area contributed by atoms with Crippen molar-refractivity contribution in [3.63, 3.8) is 0 Å². The van der Waals surface area contributed by atoms with Crippen molar-refractivity contribution in [3.8, 4) is 11.3 Å². The van der Waals surface area contributed by atoms with Gasteiger partial charge in [0.1, 0.15) is 11.5 Å². The highest BCUT2D eigenvalue weighted by atomic mass is 16.5. The Hall–Kier alpha value is -3.09. The van der Waals surface area contributed by atoms with Gasteiger partial charge in [-0.25, -0.2) is 0 Å². The van der Waals surface area contributed by atoms with Crippen LogP contribution < -0.4 is 10.2 Å². The molecule has 33 heavy (non-hydrogen) atoms. The van der Waals surface area contributed by atoms with E-state index in [1.54, 1.807) is 0 Å². The molecule has 2 aliphatic heterocycles. The third-order valence-electron chi connectivity index (χ3n) is 6.64. The van der Waals surface area contributed by atoms with E-state index < -0.39 is 6.10 Å². The van der Waals surface area contributed by atoms with E-state index in [1.165, 1.54) is 0 Å². The maximum absolute atomic E-state index is 12.1. The maximum atomic E-state index is 12.1. The number of furan rings is 1. The van der Waals surface area contributed by atoms with Gasteiger partial charge in [-0.1, -0.05) is 24.3 Å². The number of aliphatic hydroxyl groups is 1. The average Bonchev–Trinajstić information content (AvgIpc) is 3.47. The Morgan fingerprint density at radius 3 is 2.67 bits per heavy atom. The molecule has 5 rings (SSSR count). The fourth-order valence-corrected chi connectivity index (χ4v) is 4.82. The molecule has 2 aromatic carbocycles. The Morgan fingerprint density at radius 2 is 1.97 bits per heavy atom. The molecule has 0 aliphatic carbocycles. The monoisotopic (exact) mass is 446 g/mol. The molecule has 172 valence electrons. The summed E-state index contributed by atoms with van der Waals surface area (Å²) >= 11 is 0. The molecule has 2 fully saturated rings. The first-order chi connectivity index (χ1) is 16.1. The number of nitrogens with one attached hydrogen (secondary N) is 1. The molecular weight excluding hydrogens is 416 g/mol. The first kappa shape index (κ1) is 21.7. The summed E-state index contributed by atoms with van der Waals surface area (Å²) in [5, 5.41) is 14.4. The van der Waals surface area contributed by atoms with Crippen LogP contribution in [-0.4, -0.2) is 36.9 Å². The second kappa shape index (κ2) is 9.41. The number of anilines is 2. The van der Waals surface area contributed by atoms with E-state index in [0.717, 1.165) is 47.0 Å². The van der Waals surface area contributed by atoms with Crippen molar-refractivity contribution in [1.82, 2.24) is 0 Å². The summed E-state index contributed by atoms with van der Waals surface area (Å²) in [5.41, 5.74) is 3.92. The van der Waals surface area contributed by atoms with Gasteiger partial charge in [-0.2, -0.15) is 0 Å². The number of carbonyl (C=O) groups excluding carboxylic acids is 1. The number of hydrogen-bond donors (Lipinski definition) is 2. The average molecular weight is 447 g/mol. The molecule has 6 nitrogen and oxygen atoms in total. The Kier molecular flexibility index (Phi) is 6.20. The highest BCUT2D eigenvalue weighted by Crippen LogP contribution is 2.35. The van der Waals surface area contributed by atoms with Crippen LogP contribution in [0.1, 0.15) is 36.6 Å². The molecule has 0 radical (unpaired) electrons. The number of aliphatic hydroxyl groups excluding tert-OH is 1. The topological polar surface area (TPSA) is 74.9 Å². The fourth-order valence-electron chi connectivity index (χ4n) is 4.82. The highest BCUT2D eigenvalue weighted by Gasteiger charge is 2.33. The van der Waals surface area contributed by atoms with Crippen LogP contribution in [0.25, 0.3) is 11.3 Å². The molecule has 0 saturated carbocycles. The lowest BCUT2D eigenvalue weighted by Gasteiger charge is -2.35. The lowest BCUT2D eigenvalue weighted by molar-refractivity contribution is -0.117. The molecule has 0 spiro atoms. The summed E-state index contributed by atoms with van der Waals surface area (Å²) < 4.78 is 11.5. The molecule has 1 amide bonds. The molecule has 0 unspecified atom stereocenters. The first-order valence-corrected chi connectivity index (χ1v) is 11.7. The molecule has 6 heteroatoms. The molecule has 2 saturated heterocycles. The summed E-state index contributed by atoms with van der Waals surface area (Å²) in [4.78, 5) is 14.0. The van der Waals surface area contributed by atoms with Crippen molar-refractivity contribution < 1.29 is 19.1 Å². The van der Waals surface area contributed by atoms with Crippen molar-refractivity contribution in [2.45, 2.75) is 38.3 Å². The molecule has 0 bridgehead atoms. The summed E-state index contributed by atoms with van der Waals surface area (Å²) in [5.74, 6) is 1.79. The van der Waals surface area contributed by atoms with Crippen molar-refractivity contribution in [2.75, 3.05) is 30.0 Å². The van der Waals surface area contributed by atoms with Gasteiger partial charge in [-0.3, -0.25) is 4.79 Å². The van der Waals surface area contributed by atoms with Crippen LogP contribution in [0.3, 0.4) is 0 Å². The van der Waals surface area contributed by atoms with Gasteiger partial charge in [-0.15, -0.1) is 0 Å². The molecule has 2 N–H and O–H groups in total. The minimum atomic E-state index is -0.452. The third-order valence-corrected chi connectivity index (χ3v) is 6.64. The van der Waals surface area contributed by atoms with Gasteiger partial charge < -0.3 is 24.5 Å². The van der Waals surface area contributed by atoms with Crippen molar-refractivity contribution in [2.24, 2.45) is 5.92 Å². The first-order valence-electron chi connectivity index (χ1n) is 11.7. The third kappa shape index (κ3) is 4.68. The molecule has 3 aromatic rings. The second-order valence-corrected chi connectivity index (χ2v) is 8.95. The zero-order valence-corrected chi connectivity index (χ0v) is 18.9. The van der Waals surface area contributed by atoms with E-state index in [9.17, 15) is 9.90 Å². The van der Waals surface area contributed by atoms with Crippen molar-refractivity contribution in [3.05, 3.63) is 72.0 Å². The fraction of sp³-hybridized carbons (Fsp3) is 0.370.